The standard InChI is InChI=1S/C16H21NO7/c1-18-8-6-9(19-2)11(10(7-8)20-3)13-12-14(24-17-13)16(22-5)23-15(12)21-4/h6-7,12,14-16H,1-5H3/t12-,14+,15+,16-/m1/s1. The largest absolute Gasteiger partial charge is 0.496 e. The maximum atomic E-state index is 5.71. The SMILES string of the molecule is COc1cc(OC)c(C2=NO[C@@H]3[C@H](OC)O[C@H](OC)[C@H]23)c(OC)c1. The van der Waals surface area contributed by atoms with Gasteiger partial charge in [-0.2, -0.15) is 0 Å². The summed E-state index contributed by atoms with van der Waals surface area (Å²) in [4.78, 5) is 5.55. The Labute approximate surface area is 140 Å². The Kier molecular flexibility index (Phi) is 4.79. The average Bonchev–Trinajstić information content (AvgIpc) is 3.20. The topological polar surface area (TPSA) is 77.0 Å². The molecule has 1 saturated heterocycles. The summed E-state index contributed by atoms with van der Waals surface area (Å²) in [5, 5.41) is 4.24. The monoisotopic (exact) mass is 339 g/mol. The van der Waals surface area contributed by atoms with Crippen molar-refractivity contribution in [2.45, 2.75) is 18.7 Å². The molecule has 1 aromatic carbocycles. The van der Waals surface area contributed by atoms with E-state index >= 15 is 0 Å². The molecule has 3 rings (SSSR count). The van der Waals surface area contributed by atoms with E-state index in [9.17, 15) is 0 Å². The number of oxime groups is 1. The molecule has 0 amide bonds. The van der Waals surface area contributed by atoms with Crippen LogP contribution in [0.4, 0.5) is 0 Å². The Balaban J connectivity index is 2.06. The first-order chi connectivity index (χ1) is 11.7. The van der Waals surface area contributed by atoms with Gasteiger partial charge in [-0.15, -0.1) is 0 Å². The molecule has 1 fully saturated rings. The van der Waals surface area contributed by atoms with Crippen LogP contribution >= 0.6 is 0 Å². The predicted octanol–water partition coefficient (Wildman–Crippen LogP) is 1.41. The normalized spacial score (nSPS) is 28.1. The lowest BCUT2D eigenvalue weighted by Gasteiger charge is -2.19. The quantitative estimate of drug-likeness (QED) is 0.775. The van der Waals surface area contributed by atoms with Crippen LogP contribution in [-0.2, 0) is 19.0 Å². The Hall–Kier alpha value is -2.03. The van der Waals surface area contributed by atoms with Gasteiger partial charge in [-0.25, -0.2) is 0 Å². The first-order valence-electron chi connectivity index (χ1n) is 7.43. The Bertz CT molecular complexity index is 608. The van der Waals surface area contributed by atoms with Crippen LogP contribution in [0.15, 0.2) is 17.3 Å². The zero-order valence-corrected chi connectivity index (χ0v) is 14.3. The van der Waals surface area contributed by atoms with Crippen LogP contribution in [0.25, 0.3) is 0 Å². The number of rotatable bonds is 6. The van der Waals surface area contributed by atoms with Gasteiger partial charge >= 0.3 is 0 Å². The molecule has 0 N–H and O–H groups in total. The minimum atomic E-state index is -0.559. The number of methoxy groups -OCH3 is 5. The highest BCUT2D eigenvalue weighted by Gasteiger charge is 2.54. The summed E-state index contributed by atoms with van der Waals surface area (Å²) in [5.74, 6) is 1.47. The van der Waals surface area contributed by atoms with Crippen LogP contribution < -0.4 is 14.2 Å². The molecule has 24 heavy (non-hydrogen) atoms. The summed E-state index contributed by atoms with van der Waals surface area (Å²) >= 11 is 0. The molecule has 8 nitrogen and oxygen atoms in total. The number of hydrogen-bond donors (Lipinski definition) is 0. The third-order valence-corrected chi connectivity index (χ3v) is 4.21. The lowest BCUT2D eigenvalue weighted by molar-refractivity contribution is -0.206. The van der Waals surface area contributed by atoms with Crippen molar-refractivity contribution in [3.8, 4) is 17.2 Å². The van der Waals surface area contributed by atoms with Crippen LogP contribution in [0.1, 0.15) is 5.56 Å². The molecule has 132 valence electrons. The predicted molar refractivity (Wildman–Crippen MR) is 83.7 cm³/mol. The average molecular weight is 339 g/mol. The van der Waals surface area contributed by atoms with E-state index in [0.29, 0.717) is 28.5 Å². The van der Waals surface area contributed by atoms with E-state index in [-0.39, 0.29) is 5.92 Å². The van der Waals surface area contributed by atoms with E-state index in [1.54, 1.807) is 47.7 Å². The van der Waals surface area contributed by atoms with E-state index < -0.39 is 18.7 Å². The Morgan fingerprint density at radius 3 is 2.00 bits per heavy atom. The second-order valence-electron chi connectivity index (χ2n) is 5.32. The number of benzene rings is 1. The van der Waals surface area contributed by atoms with Gasteiger partial charge < -0.3 is 33.3 Å². The maximum absolute atomic E-state index is 5.71. The molecule has 4 atom stereocenters. The van der Waals surface area contributed by atoms with Gasteiger partial charge in [0.2, 0.25) is 6.29 Å². The molecule has 0 radical (unpaired) electrons. The van der Waals surface area contributed by atoms with Crippen molar-refractivity contribution in [2.24, 2.45) is 11.1 Å². The van der Waals surface area contributed by atoms with E-state index in [1.807, 2.05) is 0 Å². The van der Waals surface area contributed by atoms with Crippen LogP contribution in [0.5, 0.6) is 17.2 Å². The fourth-order valence-electron chi connectivity index (χ4n) is 3.06. The van der Waals surface area contributed by atoms with Crippen LogP contribution in [0.2, 0.25) is 0 Å². The summed E-state index contributed by atoms with van der Waals surface area (Å²) in [7, 11) is 7.84. The first-order valence-corrected chi connectivity index (χ1v) is 7.43. The minimum Gasteiger partial charge on any atom is -0.496 e. The van der Waals surface area contributed by atoms with Crippen molar-refractivity contribution in [3.63, 3.8) is 0 Å². The lowest BCUT2D eigenvalue weighted by Crippen LogP contribution is -2.32. The van der Waals surface area contributed by atoms with Gasteiger partial charge in [0.25, 0.3) is 0 Å². The third-order valence-electron chi connectivity index (χ3n) is 4.21. The highest BCUT2D eigenvalue weighted by atomic mass is 16.8. The van der Waals surface area contributed by atoms with Crippen LogP contribution in [0, 0.1) is 5.92 Å². The first kappa shape index (κ1) is 16.8. The zero-order valence-electron chi connectivity index (χ0n) is 14.3. The molecule has 0 bridgehead atoms. The smallest absolute Gasteiger partial charge is 0.200 e. The van der Waals surface area contributed by atoms with Gasteiger partial charge in [-0.05, 0) is 0 Å². The van der Waals surface area contributed by atoms with Gasteiger partial charge in [-0.3, -0.25) is 0 Å². The van der Waals surface area contributed by atoms with E-state index in [4.69, 9.17) is 33.3 Å². The Morgan fingerprint density at radius 1 is 0.875 bits per heavy atom. The lowest BCUT2D eigenvalue weighted by atomic mass is 9.92. The van der Waals surface area contributed by atoms with E-state index in [1.165, 1.54) is 0 Å². The van der Waals surface area contributed by atoms with Gasteiger partial charge in [-0.1, -0.05) is 5.16 Å². The third kappa shape index (κ3) is 2.56. The van der Waals surface area contributed by atoms with Gasteiger partial charge in [0.05, 0.1) is 26.9 Å². The maximum Gasteiger partial charge on any atom is 0.200 e. The second-order valence-corrected chi connectivity index (χ2v) is 5.32. The summed E-state index contributed by atoms with van der Waals surface area (Å²) in [5.41, 5.74) is 1.30. The molecule has 1 aromatic rings. The van der Waals surface area contributed by atoms with Crippen molar-refractivity contribution >= 4 is 5.71 Å². The van der Waals surface area contributed by atoms with Crippen LogP contribution in [-0.4, -0.2) is 59.9 Å². The molecule has 0 aliphatic carbocycles. The summed E-state index contributed by atoms with van der Waals surface area (Å²) in [6.07, 6.45) is -1.50. The second kappa shape index (κ2) is 6.84. The molecule has 2 heterocycles. The van der Waals surface area contributed by atoms with Crippen molar-refractivity contribution in [3.05, 3.63) is 17.7 Å². The fourth-order valence-corrected chi connectivity index (χ4v) is 3.06. The van der Waals surface area contributed by atoms with Crippen LogP contribution in [0.3, 0.4) is 0 Å². The number of ether oxygens (including phenoxy) is 6. The molecule has 8 heteroatoms. The molecule has 2 aliphatic heterocycles. The Morgan fingerprint density at radius 2 is 1.50 bits per heavy atom. The van der Waals surface area contributed by atoms with Crippen molar-refractivity contribution in [1.29, 1.82) is 0 Å². The number of fused-ring (bicyclic) bond motifs is 1. The van der Waals surface area contributed by atoms with E-state index in [2.05, 4.69) is 5.16 Å². The van der Waals surface area contributed by atoms with Crippen molar-refractivity contribution in [1.82, 2.24) is 0 Å². The molecule has 0 spiro atoms. The summed E-state index contributed by atoms with van der Waals surface area (Å²) in [6, 6.07) is 3.53. The minimum absolute atomic E-state index is 0.267. The molecule has 0 unspecified atom stereocenters. The number of hydrogen-bond acceptors (Lipinski definition) is 8. The van der Waals surface area contributed by atoms with E-state index in [0.717, 1.165) is 0 Å². The van der Waals surface area contributed by atoms with Gasteiger partial charge in [0.1, 0.15) is 28.9 Å². The molecular formula is C16H21NO7. The summed E-state index contributed by atoms with van der Waals surface area (Å²) in [6.45, 7) is 0. The molecule has 2 aliphatic rings. The van der Waals surface area contributed by atoms with Crippen molar-refractivity contribution < 1.29 is 33.3 Å². The summed E-state index contributed by atoms with van der Waals surface area (Å²) < 4.78 is 32.7. The molecule has 0 aromatic heterocycles. The highest BCUT2D eigenvalue weighted by molar-refractivity contribution is 6.08. The fraction of sp³-hybridized carbons (Fsp3) is 0.562. The van der Waals surface area contributed by atoms with Gasteiger partial charge in [0, 0.05) is 26.4 Å². The highest BCUT2D eigenvalue weighted by Crippen LogP contribution is 2.43. The van der Waals surface area contributed by atoms with Crippen molar-refractivity contribution in [2.75, 3.05) is 35.5 Å². The zero-order chi connectivity index (χ0) is 17.3. The number of nitrogens with zero attached hydrogens (tertiary/aromatic N) is 1. The van der Waals surface area contributed by atoms with Gasteiger partial charge in [0.15, 0.2) is 12.4 Å². The molecular weight excluding hydrogens is 318 g/mol. The molecule has 0 saturated carbocycles.